The van der Waals surface area contributed by atoms with Gasteiger partial charge in [-0.15, -0.1) is 0 Å². The van der Waals surface area contributed by atoms with Crippen molar-refractivity contribution in [3.05, 3.63) is 0 Å². The maximum Gasteiger partial charge on any atom is 0.255 e. The highest BCUT2D eigenvalue weighted by atomic mass is 32.2. The number of aliphatic imine (C=N–C) groups is 1. The molecule has 118 valence electrons. The summed E-state index contributed by atoms with van der Waals surface area (Å²) in [7, 11) is -1.40. The Hall–Kier alpha value is -0.950. The molecule has 0 unspecified atom stereocenters. The van der Waals surface area contributed by atoms with Gasteiger partial charge in [-0.05, 0) is 25.7 Å². The molecule has 6 nitrogen and oxygen atoms in total. The molecule has 2 fully saturated rings. The van der Waals surface area contributed by atoms with Crippen LogP contribution in [0.2, 0.25) is 0 Å². The van der Waals surface area contributed by atoms with Crippen LogP contribution >= 0.6 is 0 Å². The number of nitrogens with zero attached hydrogens (tertiary/aromatic N) is 3. The van der Waals surface area contributed by atoms with E-state index in [4.69, 9.17) is 4.99 Å². The van der Waals surface area contributed by atoms with Crippen LogP contribution in [-0.2, 0) is 14.8 Å². The van der Waals surface area contributed by atoms with Gasteiger partial charge in [-0.1, -0.05) is 6.92 Å². The van der Waals surface area contributed by atoms with Gasteiger partial charge in [-0.3, -0.25) is 9.79 Å². The Kier molecular flexibility index (Phi) is 3.40. The fourth-order valence-corrected chi connectivity index (χ4v) is 5.32. The Labute approximate surface area is 126 Å². The average molecular weight is 313 g/mol. The number of sulfonamides is 1. The highest BCUT2D eigenvalue weighted by Crippen LogP contribution is 2.50. The van der Waals surface area contributed by atoms with Crippen LogP contribution in [0.5, 0.6) is 0 Å². The maximum absolute atomic E-state index is 12.7. The molecule has 1 saturated carbocycles. The summed E-state index contributed by atoms with van der Waals surface area (Å²) >= 11 is 0. The van der Waals surface area contributed by atoms with E-state index >= 15 is 0 Å². The number of carbonyl (C=O) groups excluding carboxylic acids is 1. The van der Waals surface area contributed by atoms with Crippen molar-refractivity contribution in [3.63, 3.8) is 0 Å². The molecule has 0 aromatic heterocycles. The minimum Gasteiger partial charge on any atom is -0.302 e. The first kappa shape index (κ1) is 15.0. The molecule has 0 N–H and O–H groups in total. The van der Waals surface area contributed by atoms with Crippen molar-refractivity contribution in [3.8, 4) is 0 Å². The second kappa shape index (κ2) is 4.78. The van der Waals surface area contributed by atoms with Gasteiger partial charge in [0.15, 0.2) is 0 Å². The van der Waals surface area contributed by atoms with E-state index in [-0.39, 0.29) is 23.5 Å². The molecule has 1 aliphatic carbocycles. The first-order chi connectivity index (χ1) is 9.85. The van der Waals surface area contributed by atoms with Crippen molar-refractivity contribution in [2.45, 2.75) is 38.6 Å². The molecule has 0 aromatic rings. The van der Waals surface area contributed by atoms with Crippen LogP contribution < -0.4 is 0 Å². The van der Waals surface area contributed by atoms with E-state index in [1.165, 1.54) is 0 Å². The van der Waals surface area contributed by atoms with Crippen LogP contribution in [0.1, 0.15) is 33.1 Å². The highest BCUT2D eigenvalue weighted by Gasteiger charge is 2.61. The summed E-state index contributed by atoms with van der Waals surface area (Å²) in [5.74, 6) is 1.32. The monoisotopic (exact) mass is 313 g/mol. The zero-order valence-corrected chi connectivity index (χ0v) is 13.7. The minimum atomic E-state index is -3.18. The molecule has 2 aliphatic heterocycles. The number of carbonyl (C=O) groups is 1. The van der Waals surface area contributed by atoms with Gasteiger partial charge < -0.3 is 4.90 Å². The fraction of sp³-hybridized carbons (Fsp3) is 0.857. The van der Waals surface area contributed by atoms with Crippen LogP contribution in [0.3, 0.4) is 0 Å². The molecule has 21 heavy (non-hydrogen) atoms. The molecule has 1 amide bonds. The van der Waals surface area contributed by atoms with Crippen LogP contribution in [0.15, 0.2) is 4.99 Å². The normalized spacial score (nSPS) is 36.6. The Bertz CT molecular complexity index is 601. The number of hydrogen-bond acceptors (Lipinski definition) is 4. The summed E-state index contributed by atoms with van der Waals surface area (Å²) in [5, 5.41) is 0. The summed E-state index contributed by atoms with van der Waals surface area (Å²) in [6.45, 7) is 4.66. The maximum atomic E-state index is 12.7. The molecular weight excluding hydrogens is 290 g/mol. The molecule has 7 heteroatoms. The SMILES string of the molecule is CCC1=N[C@@]2(CC[C@@H]3CN(S(=O)(=O)CC)C[C@@H]32)C(=O)N1C. The van der Waals surface area contributed by atoms with E-state index in [9.17, 15) is 13.2 Å². The topological polar surface area (TPSA) is 70.0 Å². The molecular formula is C14H23N3O3S. The second-order valence-electron chi connectivity index (χ2n) is 6.29. The van der Waals surface area contributed by atoms with Crippen molar-refractivity contribution in [2.24, 2.45) is 16.8 Å². The summed E-state index contributed by atoms with van der Waals surface area (Å²) in [5.41, 5.74) is -0.692. The minimum absolute atomic E-state index is 0.0397. The van der Waals surface area contributed by atoms with E-state index < -0.39 is 15.6 Å². The zero-order valence-electron chi connectivity index (χ0n) is 12.9. The average Bonchev–Trinajstić information content (AvgIpc) is 3.09. The predicted molar refractivity (Wildman–Crippen MR) is 80.5 cm³/mol. The smallest absolute Gasteiger partial charge is 0.255 e. The second-order valence-corrected chi connectivity index (χ2v) is 8.55. The molecule has 1 saturated heterocycles. The number of fused-ring (bicyclic) bond motifs is 2. The summed E-state index contributed by atoms with van der Waals surface area (Å²) in [4.78, 5) is 19.1. The van der Waals surface area contributed by atoms with Gasteiger partial charge in [-0.2, -0.15) is 0 Å². The first-order valence-corrected chi connectivity index (χ1v) is 9.31. The van der Waals surface area contributed by atoms with E-state index in [0.717, 1.165) is 25.1 Å². The predicted octanol–water partition coefficient (Wildman–Crippen LogP) is 0.697. The number of hydrogen-bond donors (Lipinski definition) is 0. The van der Waals surface area contributed by atoms with Crippen LogP contribution in [-0.4, -0.2) is 60.8 Å². The largest absolute Gasteiger partial charge is 0.302 e. The molecule has 3 atom stereocenters. The van der Waals surface area contributed by atoms with Crippen LogP contribution in [0.4, 0.5) is 0 Å². The summed E-state index contributed by atoms with van der Waals surface area (Å²) in [6.07, 6.45) is 2.38. The van der Waals surface area contributed by atoms with Crippen LogP contribution in [0.25, 0.3) is 0 Å². The Morgan fingerprint density at radius 3 is 2.62 bits per heavy atom. The quantitative estimate of drug-likeness (QED) is 0.770. The third kappa shape index (κ3) is 1.97. The molecule has 3 aliphatic rings. The Balaban J connectivity index is 1.92. The number of amides is 1. The van der Waals surface area contributed by atoms with Gasteiger partial charge >= 0.3 is 0 Å². The van der Waals surface area contributed by atoms with Gasteiger partial charge in [0.2, 0.25) is 10.0 Å². The molecule has 3 rings (SSSR count). The molecule has 0 bridgehead atoms. The summed E-state index contributed by atoms with van der Waals surface area (Å²) in [6, 6.07) is 0. The van der Waals surface area contributed by atoms with Gasteiger partial charge in [-0.25, -0.2) is 12.7 Å². The third-order valence-electron chi connectivity index (χ3n) is 5.38. The van der Waals surface area contributed by atoms with Crippen molar-refractivity contribution in [1.82, 2.24) is 9.21 Å². The summed E-state index contributed by atoms with van der Waals surface area (Å²) < 4.78 is 25.8. The van der Waals surface area contributed by atoms with E-state index in [1.54, 1.807) is 23.2 Å². The Morgan fingerprint density at radius 1 is 1.33 bits per heavy atom. The molecule has 0 aromatic carbocycles. The van der Waals surface area contributed by atoms with Gasteiger partial charge in [0, 0.05) is 32.5 Å². The van der Waals surface area contributed by atoms with Crippen molar-refractivity contribution < 1.29 is 13.2 Å². The number of amidine groups is 1. The third-order valence-corrected chi connectivity index (χ3v) is 7.20. The molecule has 2 heterocycles. The highest BCUT2D eigenvalue weighted by molar-refractivity contribution is 7.89. The first-order valence-electron chi connectivity index (χ1n) is 7.70. The standard InChI is InChI=1S/C14H23N3O3S/c1-4-12-15-14(13(18)16(12)3)7-6-10-8-17(9-11(10)14)21(19,20)5-2/h10-11H,4-9H2,1-3H3/t10-,11+,14-/m1/s1. The molecule has 1 spiro atoms. The van der Waals surface area contributed by atoms with E-state index in [2.05, 4.69) is 0 Å². The lowest BCUT2D eigenvalue weighted by atomic mass is 9.85. The fourth-order valence-electron chi connectivity index (χ4n) is 4.15. The lowest BCUT2D eigenvalue weighted by molar-refractivity contribution is -0.131. The number of likely N-dealkylation sites (N-methyl/N-ethyl adjacent to an activating group) is 1. The van der Waals surface area contributed by atoms with E-state index in [0.29, 0.717) is 13.1 Å². The molecule has 0 radical (unpaired) electrons. The van der Waals surface area contributed by atoms with Gasteiger partial charge in [0.25, 0.3) is 5.91 Å². The lowest BCUT2D eigenvalue weighted by Crippen LogP contribution is -2.45. The Morgan fingerprint density at radius 2 is 2.05 bits per heavy atom. The van der Waals surface area contributed by atoms with Crippen molar-refractivity contribution in [1.29, 1.82) is 0 Å². The van der Waals surface area contributed by atoms with E-state index in [1.807, 2.05) is 6.92 Å². The van der Waals surface area contributed by atoms with Crippen molar-refractivity contribution >= 4 is 21.8 Å². The zero-order chi connectivity index (χ0) is 15.4. The van der Waals surface area contributed by atoms with Gasteiger partial charge in [0.1, 0.15) is 11.4 Å². The van der Waals surface area contributed by atoms with Crippen LogP contribution in [0, 0.1) is 11.8 Å². The number of rotatable bonds is 3. The lowest BCUT2D eigenvalue weighted by Gasteiger charge is -2.26. The van der Waals surface area contributed by atoms with Crippen molar-refractivity contribution in [2.75, 3.05) is 25.9 Å². The van der Waals surface area contributed by atoms with Gasteiger partial charge in [0.05, 0.1) is 5.75 Å².